The van der Waals surface area contributed by atoms with Crippen LogP contribution in [0.3, 0.4) is 0 Å². The van der Waals surface area contributed by atoms with E-state index in [9.17, 15) is 4.79 Å². The van der Waals surface area contributed by atoms with Crippen molar-refractivity contribution in [1.29, 1.82) is 0 Å². The number of rotatable bonds is 3. The summed E-state index contributed by atoms with van der Waals surface area (Å²) in [4.78, 5) is 11.7. The summed E-state index contributed by atoms with van der Waals surface area (Å²) in [5, 5.41) is 6.00. The first-order chi connectivity index (χ1) is 7.54. The van der Waals surface area contributed by atoms with E-state index in [0.29, 0.717) is 11.3 Å². The van der Waals surface area contributed by atoms with Gasteiger partial charge in [0.25, 0.3) is 5.91 Å². The van der Waals surface area contributed by atoms with Crippen LogP contribution in [-0.4, -0.2) is 18.5 Å². The third-order valence-electron chi connectivity index (χ3n) is 2.95. The standard InChI is InChI=1S/C12H17N3O/c1-12(5-6-12)15-10-7-8(13)3-4-9(10)11(16)14-2/h3-4,7,15H,5-6,13H2,1-2H3,(H,14,16). The summed E-state index contributed by atoms with van der Waals surface area (Å²) in [6, 6.07) is 5.31. The number of amides is 1. The summed E-state index contributed by atoms with van der Waals surface area (Å²) in [6.07, 6.45) is 2.27. The molecule has 0 saturated heterocycles. The fourth-order valence-electron chi connectivity index (χ4n) is 1.64. The molecule has 0 atom stereocenters. The van der Waals surface area contributed by atoms with Crippen LogP contribution < -0.4 is 16.4 Å². The Kier molecular flexibility index (Phi) is 2.50. The highest BCUT2D eigenvalue weighted by molar-refractivity contribution is 6.00. The van der Waals surface area contributed by atoms with E-state index in [1.165, 1.54) is 0 Å². The summed E-state index contributed by atoms with van der Waals surface area (Å²) in [5.74, 6) is -0.0910. The van der Waals surface area contributed by atoms with Crippen molar-refractivity contribution >= 4 is 17.3 Å². The number of anilines is 2. The highest BCUT2D eigenvalue weighted by Gasteiger charge is 2.37. The molecule has 1 aromatic carbocycles. The molecule has 1 aromatic rings. The molecule has 4 heteroatoms. The number of benzene rings is 1. The summed E-state index contributed by atoms with van der Waals surface area (Å²) >= 11 is 0. The molecule has 2 rings (SSSR count). The number of nitrogens with one attached hydrogen (secondary N) is 2. The van der Waals surface area contributed by atoms with Crippen molar-refractivity contribution in [3.05, 3.63) is 23.8 Å². The van der Waals surface area contributed by atoms with Crippen molar-refractivity contribution in [3.63, 3.8) is 0 Å². The molecule has 16 heavy (non-hydrogen) atoms. The predicted molar refractivity (Wildman–Crippen MR) is 65.5 cm³/mol. The van der Waals surface area contributed by atoms with E-state index in [4.69, 9.17) is 5.73 Å². The highest BCUT2D eigenvalue weighted by atomic mass is 16.1. The smallest absolute Gasteiger partial charge is 0.253 e. The molecule has 0 heterocycles. The Morgan fingerprint density at radius 1 is 1.44 bits per heavy atom. The van der Waals surface area contributed by atoms with Gasteiger partial charge in [0.1, 0.15) is 0 Å². The Labute approximate surface area is 95.2 Å². The molecule has 0 aromatic heterocycles. The van der Waals surface area contributed by atoms with Crippen molar-refractivity contribution in [2.24, 2.45) is 0 Å². The lowest BCUT2D eigenvalue weighted by Gasteiger charge is -2.16. The fourth-order valence-corrected chi connectivity index (χ4v) is 1.64. The topological polar surface area (TPSA) is 67.2 Å². The van der Waals surface area contributed by atoms with Gasteiger partial charge >= 0.3 is 0 Å². The average Bonchev–Trinajstić information content (AvgIpc) is 2.95. The molecular weight excluding hydrogens is 202 g/mol. The molecule has 0 spiro atoms. The van der Waals surface area contributed by atoms with Crippen molar-refractivity contribution in [2.75, 3.05) is 18.1 Å². The van der Waals surface area contributed by atoms with Gasteiger partial charge in [0.2, 0.25) is 0 Å². The van der Waals surface area contributed by atoms with Crippen molar-refractivity contribution in [1.82, 2.24) is 5.32 Å². The average molecular weight is 219 g/mol. The van der Waals surface area contributed by atoms with E-state index in [1.807, 2.05) is 6.07 Å². The van der Waals surface area contributed by atoms with Gasteiger partial charge in [-0.25, -0.2) is 0 Å². The van der Waals surface area contributed by atoms with Gasteiger partial charge in [0.15, 0.2) is 0 Å². The molecule has 4 nitrogen and oxygen atoms in total. The first-order valence-electron chi connectivity index (χ1n) is 5.44. The van der Waals surface area contributed by atoms with Crippen molar-refractivity contribution in [2.45, 2.75) is 25.3 Å². The van der Waals surface area contributed by atoms with E-state index in [0.717, 1.165) is 18.5 Å². The molecule has 1 saturated carbocycles. The summed E-state index contributed by atoms with van der Waals surface area (Å²) in [7, 11) is 1.63. The van der Waals surface area contributed by atoms with Crippen LogP contribution in [0.1, 0.15) is 30.1 Å². The largest absolute Gasteiger partial charge is 0.399 e. The maximum Gasteiger partial charge on any atom is 0.253 e. The zero-order chi connectivity index (χ0) is 11.8. The van der Waals surface area contributed by atoms with Gasteiger partial charge in [-0.15, -0.1) is 0 Å². The number of nitrogen functional groups attached to an aromatic ring is 1. The number of carbonyl (C=O) groups excluding carboxylic acids is 1. The van der Waals surface area contributed by atoms with Crippen LogP contribution in [0.5, 0.6) is 0 Å². The quantitative estimate of drug-likeness (QED) is 0.676. The van der Waals surface area contributed by atoms with E-state index < -0.39 is 0 Å². The number of carbonyl (C=O) groups is 1. The number of hydrogen-bond acceptors (Lipinski definition) is 3. The van der Waals surface area contributed by atoms with Gasteiger partial charge in [-0.3, -0.25) is 4.79 Å². The second-order valence-electron chi connectivity index (χ2n) is 4.57. The third kappa shape index (κ3) is 2.10. The minimum Gasteiger partial charge on any atom is -0.399 e. The lowest BCUT2D eigenvalue weighted by Crippen LogP contribution is -2.23. The third-order valence-corrected chi connectivity index (χ3v) is 2.95. The molecule has 0 radical (unpaired) electrons. The number of nitrogens with two attached hydrogens (primary N) is 1. The van der Waals surface area contributed by atoms with Gasteiger partial charge in [-0.1, -0.05) is 0 Å². The first-order valence-corrected chi connectivity index (χ1v) is 5.44. The van der Waals surface area contributed by atoms with E-state index in [1.54, 1.807) is 19.2 Å². The monoisotopic (exact) mass is 219 g/mol. The zero-order valence-electron chi connectivity index (χ0n) is 9.63. The summed E-state index contributed by atoms with van der Waals surface area (Å²) in [6.45, 7) is 2.14. The SMILES string of the molecule is CNC(=O)c1ccc(N)cc1NC1(C)CC1. The van der Waals surface area contributed by atoms with Gasteiger partial charge < -0.3 is 16.4 Å². The zero-order valence-corrected chi connectivity index (χ0v) is 9.63. The molecule has 0 bridgehead atoms. The van der Waals surface area contributed by atoms with Crippen LogP contribution in [0.25, 0.3) is 0 Å². The van der Waals surface area contributed by atoms with Crippen LogP contribution in [-0.2, 0) is 0 Å². The molecule has 1 amide bonds. The van der Waals surface area contributed by atoms with Crippen molar-refractivity contribution in [3.8, 4) is 0 Å². The van der Waals surface area contributed by atoms with E-state index in [-0.39, 0.29) is 11.4 Å². The number of hydrogen-bond donors (Lipinski definition) is 3. The Morgan fingerprint density at radius 3 is 2.69 bits per heavy atom. The Hall–Kier alpha value is -1.71. The van der Waals surface area contributed by atoms with Crippen LogP contribution in [0, 0.1) is 0 Å². The van der Waals surface area contributed by atoms with Gasteiger partial charge in [0, 0.05) is 24.0 Å². The minimum atomic E-state index is -0.0910. The van der Waals surface area contributed by atoms with Crippen LogP contribution in [0.15, 0.2) is 18.2 Å². The predicted octanol–water partition coefficient (Wildman–Crippen LogP) is 1.59. The lowest BCUT2D eigenvalue weighted by atomic mass is 10.1. The second kappa shape index (κ2) is 3.70. The lowest BCUT2D eigenvalue weighted by molar-refractivity contribution is 0.0964. The van der Waals surface area contributed by atoms with Crippen LogP contribution in [0.4, 0.5) is 11.4 Å². The van der Waals surface area contributed by atoms with Gasteiger partial charge in [0.05, 0.1) is 5.56 Å². The normalized spacial score (nSPS) is 16.6. The van der Waals surface area contributed by atoms with Crippen molar-refractivity contribution < 1.29 is 4.79 Å². The molecule has 4 N–H and O–H groups in total. The Bertz CT molecular complexity index is 424. The molecular formula is C12H17N3O. The maximum atomic E-state index is 11.7. The second-order valence-corrected chi connectivity index (χ2v) is 4.57. The minimum absolute atomic E-state index is 0.0910. The molecule has 0 unspecified atom stereocenters. The van der Waals surface area contributed by atoms with E-state index in [2.05, 4.69) is 17.6 Å². The Morgan fingerprint density at radius 2 is 2.12 bits per heavy atom. The molecule has 1 aliphatic rings. The molecule has 1 fully saturated rings. The summed E-state index contributed by atoms with van der Waals surface area (Å²) in [5.41, 5.74) is 8.00. The Balaban J connectivity index is 2.32. The first kappa shape index (κ1) is 10.8. The fraction of sp³-hybridized carbons (Fsp3) is 0.417. The van der Waals surface area contributed by atoms with E-state index >= 15 is 0 Å². The molecule has 86 valence electrons. The maximum absolute atomic E-state index is 11.7. The highest BCUT2D eigenvalue weighted by Crippen LogP contribution is 2.39. The summed E-state index contributed by atoms with van der Waals surface area (Å²) < 4.78 is 0. The van der Waals surface area contributed by atoms with Crippen LogP contribution in [0.2, 0.25) is 0 Å². The van der Waals surface area contributed by atoms with Gasteiger partial charge in [-0.2, -0.15) is 0 Å². The van der Waals surface area contributed by atoms with Gasteiger partial charge in [-0.05, 0) is 38.0 Å². The molecule has 0 aliphatic heterocycles. The molecule has 1 aliphatic carbocycles. The van der Waals surface area contributed by atoms with Crippen LogP contribution >= 0.6 is 0 Å².